The van der Waals surface area contributed by atoms with Gasteiger partial charge in [0.25, 0.3) is 5.91 Å². The molecule has 2 amide bonds. The predicted octanol–water partition coefficient (Wildman–Crippen LogP) is 3.00. The summed E-state index contributed by atoms with van der Waals surface area (Å²) in [4.78, 5) is 34.1. The van der Waals surface area contributed by atoms with Crippen molar-refractivity contribution in [3.05, 3.63) is 17.8 Å². The number of hydrogen-bond acceptors (Lipinski definition) is 5. The fraction of sp³-hybridized carbons (Fsp3) is 0.773. The van der Waals surface area contributed by atoms with Crippen LogP contribution in [0.5, 0.6) is 0 Å². The zero-order valence-corrected chi connectivity index (χ0v) is 18.2. The highest BCUT2D eigenvalue weighted by atomic mass is 16.3. The topological polar surface area (TPSA) is 78.7 Å². The van der Waals surface area contributed by atoms with Gasteiger partial charge < -0.3 is 14.6 Å². The predicted molar refractivity (Wildman–Crippen MR) is 112 cm³/mol. The molecular weight excluding hydrogens is 368 g/mol. The molecule has 2 heterocycles. The van der Waals surface area contributed by atoms with E-state index in [-0.39, 0.29) is 17.4 Å². The Labute approximate surface area is 174 Å². The third-order valence-corrected chi connectivity index (χ3v) is 6.32. The van der Waals surface area contributed by atoms with Gasteiger partial charge in [0, 0.05) is 44.7 Å². The van der Waals surface area contributed by atoms with E-state index >= 15 is 0 Å². The van der Waals surface area contributed by atoms with Crippen LogP contribution in [0.1, 0.15) is 75.0 Å². The lowest BCUT2D eigenvalue weighted by Crippen LogP contribution is -2.54. The van der Waals surface area contributed by atoms with E-state index in [0.717, 1.165) is 32.4 Å². The molecule has 7 heteroatoms. The lowest BCUT2D eigenvalue weighted by atomic mass is 9.77. The lowest BCUT2D eigenvalue weighted by Gasteiger charge is -2.47. The van der Waals surface area contributed by atoms with Crippen molar-refractivity contribution >= 4 is 11.8 Å². The first-order chi connectivity index (χ1) is 13.9. The number of amides is 2. The molecule has 2 fully saturated rings. The van der Waals surface area contributed by atoms with Gasteiger partial charge in [-0.25, -0.2) is 4.98 Å². The summed E-state index contributed by atoms with van der Waals surface area (Å²) in [5, 5.41) is 3.06. The van der Waals surface area contributed by atoms with E-state index in [0.29, 0.717) is 43.4 Å². The van der Waals surface area contributed by atoms with Gasteiger partial charge in [0.1, 0.15) is 0 Å². The molecule has 1 aliphatic carbocycles. The molecule has 1 aliphatic heterocycles. The van der Waals surface area contributed by atoms with Crippen molar-refractivity contribution in [1.29, 1.82) is 0 Å². The Kier molecular flexibility index (Phi) is 7.33. The SMILES string of the molecule is Cc1ncoc1C(=O)N1CCCN(CC(C)C)C2(CCCCC2)CC(=O)NCC1. The average Bonchev–Trinajstić information content (AvgIpc) is 3.10. The van der Waals surface area contributed by atoms with Crippen LogP contribution in [0.3, 0.4) is 0 Å². The van der Waals surface area contributed by atoms with Gasteiger partial charge in [-0.1, -0.05) is 33.1 Å². The third-order valence-electron chi connectivity index (χ3n) is 6.32. The summed E-state index contributed by atoms with van der Waals surface area (Å²) in [6.45, 7) is 9.77. The summed E-state index contributed by atoms with van der Waals surface area (Å²) in [5.74, 6) is 0.799. The zero-order chi connectivity index (χ0) is 20.9. The maximum atomic E-state index is 12.9. The molecule has 1 saturated heterocycles. The largest absolute Gasteiger partial charge is 0.438 e. The van der Waals surface area contributed by atoms with E-state index in [9.17, 15) is 9.59 Å². The van der Waals surface area contributed by atoms with Crippen molar-refractivity contribution in [3.8, 4) is 0 Å². The number of nitrogens with zero attached hydrogens (tertiary/aromatic N) is 3. The minimum Gasteiger partial charge on any atom is -0.438 e. The van der Waals surface area contributed by atoms with E-state index in [1.165, 1.54) is 25.7 Å². The molecule has 1 spiro atoms. The first kappa shape index (κ1) is 21.8. The minimum atomic E-state index is -0.142. The lowest BCUT2D eigenvalue weighted by molar-refractivity contribution is -0.125. The molecule has 1 saturated carbocycles. The molecular formula is C22H36N4O3. The molecule has 3 rings (SSSR count). The quantitative estimate of drug-likeness (QED) is 0.838. The molecule has 7 nitrogen and oxygen atoms in total. The molecule has 0 unspecified atom stereocenters. The number of nitrogens with one attached hydrogen (secondary N) is 1. The fourth-order valence-corrected chi connectivity index (χ4v) is 4.89. The van der Waals surface area contributed by atoms with E-state index < -0.39 is 0 Å². The first-order valence-electron chi connectivity index (χ1n) is 11.1. The summed E-state index contributed by atoms with van der Waals surface area (Å²) in [6, 6.07) is 0. The highest BCUT2D eigenvalue weighted by Gasteiger charge is 2.40. The maximum Gasteiger partial charge on any atom is 0.291 e. The van der Waals surface area contributed by atoms with Crippen LogP contribution in [0.15, 0.2) is 10.8 Å². The van der Waals surface area contributed by atoms with Gasteiger partial charge in [-0.2, -0.15) is 0 Å². The van der Waals surface area contributed by atoms with Gasteiger partial charge in [-0.05, 0) is 32.1 Å². The van der Waals surface area contributed by atoms with E-state index in [1.807, 2.05) is 0 Å². The number of aryl methyl sites for hydroxylation is 1. The molecule has 1 aromatic rings. The average molecular weight is 405 g/mol. The van der Waals surface area contributed by atoms with Crippen molar-refractivity contribution in [3.63, 3.8) is 0 Å². The van der Waals surface area contributed by atoms with Crippen LogP contribution < -0.4 is 5.32 Å². The molecule has 0 atom stereocenters. The summed E-state index contributed by atoms with van der Waals surface area (Å²) >= 11 is 0. The van der Waals surface area contributed by atoms with Crippen molar-refractivity contribution in [2.45, 2.75) is 71.3 Å². The van der Waals surface area contributed by atoms with Crippen molar-refractivity contribution in [2.24, 2.45) is 5.92 Å². The minimum absolute atomic E-state index is 0.0344. The number of oxazole rings is 1. The van der Waals surface area contributed by atoms with Crippen LogP contribution in [0.4, 0.5) is 0 Å². The van der Waals surface area contributed by atoms with Crippen molar-refractivity contribution < 1.29 is 14.0 Å². The molecule has 29 heavy (non-hydrogen) atoms. The molecule has 0 radical (unpaired) electrons. The summed E-state index contributed by atoms with van der Waals surface area (Å²) in [6.07, 6.45) is 8.59. The Bertz CT molecular complexity index is 694. The van der Waals surface area contributed by atoms with Crippen LogP contribution in [-0.2, 0) is 4.79 Å². The zero-order valence-electron chi connectivity index (χ0n) is 18.2. The van der Waals surface area contributed by atoms with Gasteiger partial charge in [0.15, 0.2) is 6.39 Å². The number of carbonyl (C=O) groups is 2. The number of aromatic nitrogens is 1. The Morgan fingerprint density at radius 3 is 2.62 bits per heavy atom. The number of hydrogen-bond donors (Lipinski definition) is 1. The Morgan fingerprint density at radius 1 is 1.21 bits per heavy atom. The monoisotopic (exact) mass is 404 g/mol. The molecule has 2 aliphatic rings. The molecule has 1 aromatic heterocycles. The van der Waals surface area contributed by atoms with Crippen LogP contribution in [0.2, 0.25) is 0 Å². The Morgan fingerprint density at radius 2 is 1.97 bits per heavy atom. The normalized spacial score (nSPS) is 21.8. The summed E-state index contributed by atoms with van der Waals surface area (Å²) in [7, 11) is 0. The molecule has 0 aromatic carbocycles. The van der Waals surface area contributed by atoms with Crippen molar-refractivity contribution in [1.82, 2.24) is 20.1 Å². The van der Waals surface area contributed by atoms with Gasteiger partial charge in [0.05, 0.1) is 5.69 Å². The van der Waals surface area contributed by atoms with Crippen LogP contribution >= 0.6 is 0 Å². The molecule has 1 N–H and O–H groups in total. The number of carbonyl (C=O) groups excluding carboxylic acids is 2. The van der Waals surface area contributed by atoms with E-state index in [1.54, 1.807) is 11.8 Å². The third kappa shape index (κ3) is 5.38. The Hall–Kier alpha value is -1.89. The standard InChI is InChI=1S/C22H36N4O3/c1-17(2)15-26-12-7-11-25(21(28)20-18(3)24-16-29-20)13-10-23-19(27)14-22(26)8-5-4-6-9-22/h16-17H,4-15H2,1-3H3,(H,23,27). The van der Waals surface area contributed by atoms with Crippen LogP contribution in [0.25, 0.3) is 0 Å². The fourth-order valence-electron chi connectivity index (χ4n) is 4.89. The van der Waals surface area contributed by atoms with E-state index in [4.69, 9.17) is 4.42 Å². The second-order valence-electron chi connectivity index (χ2n) is 9.06. The van der Waals surface area contributed by atoms with Crippen LogP contribution in [-0.4, -0.2) is 64.9 Å². The van der Waals surface area contributed by atoms with Gasteiger partial charge >= 0.3 is 0 Å². The van der Waals surface area contributed by atoms with Crippen molar-refractivity contribution in [2.75, 3.05) is 32.7 Å². The van der Waals surface area contributed by atoms with Gasteiger partial charge in [-0.15, -0.1) is 0 Å². The highest BCUT2D eigenvalue weighted by molar-refractivity contribution is 5.92. The smallest absolute Gasteiger partial charge is 0.291 e. The molecule has 0 bridgehead atoms. The van der Waals surface area contributed by atoms with Gasteiger partial charge in [0.2, 0.25) is 11.7 Å². The van der Waals surface area contributed by atoms with Gasteiger partial charge in [-0.3, -0.25) is 14.5 Å². The second kappa shape index (κ2) is 9.74. The highest BCUT2D eigenvalue weighted by Crippen LogP contribution is 2.37. The maximum absolute atomic E-state index is 12.9. The first-order valence-corrected chi connectivity index (χ1v) is 11.1. The Balaban J connectivity index is 1.78. The summed E-state index contributed by atoms with van der Waals surface area (Å²) < 4.78 is 5.32. The summed E-state index contributed by atoms with van der Waals surface area (Å²) in [5.41, 5.74) is 0.573. The number of rotatable bonds is 3. The van der Waals surface area contributed by atoms with Crippen LogP contribution in [0, 0.1) is 12.8 Å². The van der Waals surface area contributed by atoms with E-state index in [2.05, 4.69) is 29.0 Å². The second-order valence-corrected chi connectivity index (χ2v) is 9.06. The molecule has 162 valence electrons.